The van der Waals surface area contributed by atoms with E-state index in [2.05, 4.69) is 4.98 Å². The Hall–Kier alpha value is -0.960. The van der Waals surface area contributed by atoms with Gasteiger partial charge in [-0.3, -0.25) is 4.79 Å². The smallest absolute Gasteiger partial charge is 0.348 e. The first kappa shape index (κ1) is 16.9. The highest BCUT2D eigenvalue weighted by Gasteiger charge is 2.35. The van der Waals surface area contributed by atoms with Crippen molar-refractivity contribution in [3.05, 3.63) is 11.1 Å². The number of thioether (sulfide) groups is 1. The van der Waals surface area contributed by atoms with Crippen LogP contribution in [0.3, 0.4) is 0 Å². The number of halogens is 3. The maximum Gasteiger partial charge on any atom is 0.434 e. The topological polar surface area (TPSA) is 36.4 Å². The monoisotopic (exact) mass is 365 g/mol. The van der Waals surface area contributed by atoms with Gasteiger partial charge in [-0.05, 0) is 12.8 Å². The molecule has 0 unspecified atom stereocenters. The first-order valence-electron chi connectivity index (χ1n) is 7.59. The Kier molecular flexibility index (Phi) is 5.05. The number of carbonyl (C=O) groups is 1. The van der Waals surface area contributed by atoms with E-state index in [-0.39, 0.29) is 11.8 Å². The number of carbonyl (C=O) groups excluding carboxylic acids is 1. The second-order valence-electron chi connectivity index (χ2n) is 5.71. The van der Waals surface area contributed by atoms with Crippen LogP contribution in [0.1, 0.15) is 18.5 Å². The van der Waals surface area contributed by atoms with Crippen molar-refractivity contribution in [3.8, 4) is 0 Å². The predicted octanol–water partition coefficient (Wildman–Crippen LogP) is 2.95. The Morgan fingerprint density at radius 1 is 1.17 bits per heavy atom. The minimum Gasteiger partial charge on any atom is -0.348 e. The predicted molar refractivity (Wildman–Crippen MR) is 86.0 cm³/mol. The molecule has 2 aliphatic heterocycles. The number of alkyl halides is 3. The van der Waals surface area contributed by atoms with Crippen LogP contribution in [0.5, 0.6) is 0 Å². The molecule has 0 aromatic carbocycles. The number of nitrogens with zero attached hydrogens (tertiary/aromatic N) is 3. The number of piperidine rings is 1. The van der Waals surface area contributed by atoms with E-state index >= 15 is 0 Å². The minimum atomic E-state index is -4.39. The molecule has 0 aliphatic carbocycles. The van der Waals surface area contributed by atoms with Crippen molar-refractivity contribution in [1.29, 1.82) is 0 Å². The van der Waals surface area contributed by atoms with Crippen molar-refractivity contribution in [2.45, 2.75) is 19.0 Å². The second-order valence-corrected chi connectivity index (χ2v) is 7.77. The molecule has 2 fully saturated rings. The summed E-state index contributed by atoms with van der Waals surface area (Å²) in [7, 11) is 0. The summed E-state index contributed by atoms with van der Waals surface area (Å²) >= 11 is 2.88. The van der Waals surface area contributed by atoms with Crippen molar-refractivity contribution >= 4 is 34.1 Å². The van der Waals surface area contributed by atoms with Gasteiger partial charge in [-0.1, -0.05) is 0 Å². The van der Waals surface area contributed by atoms with Crippen LogP contribution in [-0.4, -0.2) is 53.5 Å². The van der Waals surface area contributed by atoms with Gasteiger partial charge in [0.25, 0.3) is 0 Å². The Labute approximate surface area is 141 Å². The van der Waals surface area contributed by atoms with E-state index in [1.165, 1.54) is 0 Å². The van der Waals surface area contributed by atoms with E-state index in [4.69, 9.17) is 0 Å². The molecule has 2 aliphatic rings. The number of hydrogen-bond acceptors (Lipinski definition) is 5. The fourth-order valence-electron chi connectivity index (χ4n) is 2.90. The highest BCUT2D eigenvalue weighted by molar-refractivity contribution is 7.99. The van der Waals surface area contributed by atoms with Crippen molar-refractivity contribution < 1.29 is 18.0 Å². The van der Waals surface area contributed by atoms with Gasteiger partial charge >= 0.3 is 6.18 Å². The molecule has 1 aromatic heterocycles. The highest BCUT2D eigenvalue weighted by atomic mass is 32.2. The van der Waals surface area contributed by atoms with E-state index in [9.17, 15) is 18.0 Å². The molecule has 4 nitrogen and oxygen atoms in total. The SMILES string of the molecule is O=C(C1CCN(c2nc(C(F)(F)F)cs2)CC1)N1CCSCC1. The summed E-state index contributed by atoms with van der Waals surface area (Å²) in [6.07, 6.45) is -3.03. The van der Waals surface area contributed by atoms with E-state index in [0.717, 1.165) is 41.3 Å². The summed E-state index contributed by atoms with van der Waals surface area (Å²) in [5, 5.41) is 1.45. The number of hydrogen-bond donors (Lipinski definition) is 0. The lowest BCUT2D eigenvalue weighted by Gasteiger charge is -2.35. The lowest BCUT2D eigenvalue weighted by atomic mass is 9.95. The lowest BCUT2D eigenvalue weighted by Crippen LogP contribution is -2.45. The molecule has 0 N–H and O–H groups in total. The molecule has 3 heterocycles. The molecule has 3 rings (SSSR count). The maximum absolute atomic E-state index is 12.6. The Bertz CT molecular complexity index is 550. The fraction of sp³-hybridized carbons (Fsp3) is 0.714. The molecule has 23 heavy (non-hydrogen) atoms. The Morgan fingerprint density at radius 3 is 2.39 bits per heavy atom. The molecular weight excluding hydrogens is 347 g/mol. The molecule has 9 heteroatoms. The number of amides is 1. The first-order chi connectivity index (χ1) is 10.9. The van der Waals surface area contributed by atoms with Gasteiger partial charge in [0, 0.05) is 49.0 Å². The summed E-state index contributed by atoms with van der Waals surface area (Å²) in [6.45, 7) is 2.80. The molecule has 0 atom stereocenters. The van der Waals surface area contributed by atoms with Gasteiger partial charge in [0.15, 0.2) is 10.8 Å². The highest BCUT2D eigenvalue weighted by Crippen LogP contribution is 2.34. The van der Waals surface area contributed by atoms with Crippen LogP contribution in [0.4, 0.5) is 18.3 Å². The average molecular weight is 365 g/mol. The molecule has 1 aromatic rings. The van der Waals surface area contributed by atoms with Gasteiger partial charge < -0.3 is 9.80 Å². The largest absolute Gasteiger partial charge is 0.434 e. The van der Waals surface area contributed by atoms with Gasteiger partial charge in [0.2, 0.25) is 5.91 Å². The summed E-state index contributed by atoms with van der Waals surface area (Å²) in [6, 6.07) is 0. The van der Waals surface area contributed by atoms with Crippen molar-refractivity contribution in [1.82, 2.24) is 9.88 Å². The van der Waals surface area contributed by atoms with Crippen LogP contribution in [0, 0.1) is 5.92 Å². The number of rotatable bonds is 2. The van der Waals surface area contributed by atoms with Crippen LogP contribution < -0.4 is 4.90 Å². The van der Waals surface area contributed by atoms with E-state index in [1.54, 1.807) is 0 Å². The van der Waals surface area contributed by atoms with Crippen LogP contribution in [0.15, 0.2) is 5.38 Å². The number of anilines is 1. The summed E-state index contributed by atoms with van der Waals surface area (Å²) in [5.74, 6) is 2.19. The van der Waals surface area contributed by atoms with Gasteiger partial charge in [-0.2, -0.15) is 24.9 Å². The third-order valence-electron chi connectivity index (χ3n) is 4.22. The van der Waals surface area contributed by atoms with Gasteiger partial charge in [-0.25, -0.2) is 4.98 Å². The molecule has 2 saturated heterocycles. The lowest BCUT2D eigenvalue weighted by molar-refractivity contribution is -0.140. The molecule has 0 radical (unpaired) electrons. The quantitative estimate of drug-likeness (QED) is 0.807. The van der Waals surface area contributed by atoms with Gasteiger partial charge in [0.05, 0.1) is 0 Å². The molecule has 1 amide bonds. The summed E-state index contributed by atoms with van der Waals surface area (Å²) < 4.78 is 37.8. The van der Waals surface area contributed by atoms with Crippen LogP contribution in [0.2, 0.25) is 0 Å². The average Bonchev–Trinajstić information content (AvgIpc) is 3.05. The van der Waals surface area contributed by atoms with E-state index in [0.29, 0.717) is 31.1 Å². The Morgan fingerprint density at radius 2 is 1.83 bits per heavy atom. The summed E-state index contributed by atoms with van der Waals surface area (Å²) in [5.41, 5.74) is -0.832. The summed E-state index contributed by atoms with van der Waals surface area (Å²) in [4.78, 5) is 19.9. The second kappa shape index (κ2) is 6.88. The third kappa shape index (κ3) is 3.93. The normalized spacial score (nSPS) is 20.8. The zero-order chi connectivity index (χ0) is 16.4. The van der Waals surface area contributed by atoms with Crippen LogP contribution in [0.25, 0.3) is 0 Å². The Balaban J connectivity index is 1.55. The zero-order valence-corrected chi connectivity index (χ0v) is 14.1. The van der Waals surface area contributed by atoms with Crippen LogP contribution in [-0.2, 0) is 11.0 Å². The molecular formula is C14H18F3N3OS2. The van der Waals surface area contributed by atoms with Gasteiger partial charge in [-0.15, -0.1) is 11.3 Å². The minimum absolute atomic E-state index is 0.00333. The van der Waals surface area contributed by atoms with Gasteiger partial charge in [0.1, 0.15) is 0 Å². The van der Waals surface area contributed by atoms with Crippen LogP contribution >= 0.6 is 23.1 Å². The standard InChI is InChI=1S/C14H18F3N3OS2/c15-14(16,17)11-9-23-13(18-11)20-3-1-10(2-4-20)12(21)19-5-7-22-8-6-19/h9-10H,1-8H2. The zero-order valence-electron chi connectivity index (χ0n) is 12.5. The molecule has 0 spiro atoms. The molecule has 0 bridgehead atoms. The maximum atomic E-state index is 12.6. The van der Waals surface area contributed by atoms with Crippen molar-refractivity contribution in [2.75, 3.05) is 42.6 Å². The van der Waals surface area contributed by atoms with E-state index < -0.39 is 11.9 Å². The number of aromatic nitrogens is 1. The van der Waals surface area contributed by atoms with Crippen molar-refractivity contribution in [2.24, 2.45) is 5.92 Å². The number of thiazole rings is 1. The molecule has 0 saturated carbocycles. The van der Waals surface area contributed by atoms with E-state index in [1.807, 2.05) is 21.6 Å². The fourth-order valence-corrected chi connectivity index (χ4v) is 4.69. The third-order valence-corrected chi connectivity index (χ3v) is 6.06. The molecule has 128 valence electrons. The van der Waals surface area contributed by atoms with Crippen molar-refractivity contribution in [3.63, 3.8) is 0 Å². The first-order valence-corrected chi connectivity index (χ1v) is 9.63.